The molecular formula is C19H28N2O2S2. The highest BCUT2D eigenvalue weighted by Crippen LogP contribution is 2.54. The molecule has 4 rings (SSSR count). The van der Waals surface area contributed by atoms with Crippen molar-refractivity contribution in [3.63, 3.8) is 0 Å². The Bertz CT molecular complexity index is 635. The fourth-order valence-electron chi connectivity index (χ4n) is 5.01. The number of carbonyl (C=O) groups excluding carboxylic acids is 1. The van der Waals surface area contributed by atoms with Gasteiger partial charge in [-0.15, -0.1) is 11.3 Å². The summed E-state index contributed by atoms with van der Waals surface area (Å²) in [7, 11) is 0. The summed E-state index contributed by atoms with van der Waals surface area (Å²) >= 11 is 3.52. The number of likely N-dealkylation sites (tertiary alicyclic amines) is 1. The third kappa shape index (κ3) is 3.38. The van der Waals surface area contributed by atoms with Crippen LogP contribution in [0, 0.1) is 11.8 Å². The van der Waals surface area contributed by atoms with E-state index in [9.17, 15) is 4.79 Å². The van der Waals surface area contributed by atoms with Gasteiger partial charge in [0.25, 0.3) is 0 Å². The monoisotopic (exact) mass is 380 g/mol. The maximum Gasteiger partial charge on any atom is 0.229 e. The number of amides is 1. The van der Waals surface area contributed by atoms with E-state index in [0.29, 0.717) is 23.7 Å². The third-order valence-electron chi connectivity index (χ3n) is 6.11. The van der Waals surface area contributed by atoms with Crippen LogP contribution in [-0.2, 0) is 22.5 Å². The van der Waals surface area contributed by atoms with Gasteiger partial charge in [0.1, 0.15) is 0 Å². The largest absolute Gasteiger partial charge is 0.370 e. The SMILES string of the molecule is CCc1ccc(CN2C[C@@H]3[C@H](CNC(=O)CSC)[C@H]4CC[C@]3(C2)O4)s1. The Morgan fingerprint density at radius 1 is 1.48 bits per heavy atom. The number of hydrogen-bond acceptors (Lipinski definition) is 5. The normalized spacial score (nSPS) is 33.8. The van der Waals surface area contributed by atoms with Gasteiger partial charge in [-0.1, -0.05) is 6.92 Å². The van der Waals surface area contributed by atoms with Crippen molar-refractivity contribution in [2.75, 3.05) is 31.6 Å². The molecule has 0 aliphatic carbocycles. The minimum atomic E-state index is 0.0599. The van der Waals surface area contributed by atoms with Crippen LogP contribution in [0.3, 0.4) is 0 Å². The summed E-state index contributed by atoms with van der Waals surface area (Å²) < 4.78 is 6.49. The molecule has 25 heavy (non-hydrogen) atoms. The summed E-state index contributed by atoms with van der Waals surface area (Å²) in [6.07, 6.45) is 5.80. The van der Waals surface area contributed by atoms with E-state index in [1.54, 1.807) is 11.8 Å². The zero-order valence-corrected chi connectivity index (χ0v) is 16.8. The molecule has 1 spiro atoms. The second kappa shape index (κ2) is 7.22. The van der Waals surface area contributed by atoms with E-state index >= 15 is 0 Å². The van der Waals surface area contributed by atoms with Crippen molar-refractivity contribution >= 4 is 29.0 Å². The molecule has 0 radical (unpaired) electrons. The van der Waals surface area contributed by atoms with Crippen LogP contribution in [0.1, 0.15) is 29.5 Å². The highest BCUT2D eigenvalue weighted by Gasteiger charge is 2.62. The average molecular weight is 381 g/mol. The van der Waals surface area contributed by atoms with Crippen LogP contribution in [0.25, 0.3) is 0 Å². The molecular weight excluding hydrogens is 352 g/mol. The zero-order valence-electron chi connectivity index (χ0n) is 15.1. The maximum atomic E-state index is 11.9. The number of thioether (sulfide) groups is 1. The molecule has 3 aliphatic rings. The number of ether oxygens (including phenoxy) is 1. The van der Waals surface area contributed by atoms with E-state index in [1.807, 2.05) is 17.6 Å². The summed E-state index contributed by atoms with van der Waals surface area (Å²) in [5.41, 5.74) is 0.0599. The minimum absolute atomic E-state index is 0.0599. The summed E-state index contributed by atoms with van der Waals surface area (Å²) in [6.45, 7) is 6.21. The highest BCUT2D eigenvalue weighted by molar-refractivity contribution is 7.99. The quantitative estimate of drug-likeness (QED) is 0.790. The fraction of sp³-hybridized carbons (Fsp3) is 0.737. The van der Waals surface area contributed by atoms with Crippen LogP contribution in [-0.4, -0.2) is 54.2 Å². The predicted molar refractivity (Wildman–Crippen MR) is 104 cm³/mol. The van der Waals surface area contributed by atoms with Gasteiger partial charge in [0, 0.05) is 47.8 Å². The highest BCUT2D eigenvalue weighted by atomic mass is 32.2. The number of rotatable bonds is 7. The van der Waals surface area contributed by atoms with Gasteiger partial charge in [0.2, 0.25) is 5.91 Å². The van der Waals surface area contributed by atoms with Crippen LogP contribution >= 0.6 is 23.1 Å². The van der Waals surface area contributed by atoms with E-state index in [2.05, 4.69) is 29.3 Å². The molecule has 1 aromatic rings. The third-order valence-corrected chi connectivity index (χ3v) is 7.88. The molecule has 138 valence electrons. The van der Waals surface area contributed by atoms with Crippen LogP contribution in [0.5, 0.6) is 0 Å². The molecule has 4 atom stereocenters. The lowest BCUT2D eigenvalue weighted by atomic mass is 9.73. The van der Waals surface area contributed by atoms with Gasteiger partial charge < -0.3 is 10.1 Å². The molecule has 0 saturated carbocycles. The first-order valence-corrected chi connectivity index (χ1v) is 11.6. The Kier molecular flexibility index (Phi) is 5.15. The van der Waals surface area contributed by atoms with Gasteiger partial charge in [0.15, 0.2) is 0 Å². The van der Waals surface area contributed by atoms with Gasteiger partial charge in [-0.3, -0.25) is 9.69 Å². The van der Waals surface area contributed by atoms with E-state index in [0.717, 1.165) is 39.0 Å². The molecule has 0 unspecified atom stereocenters. The van der Waals surface area contributed by atoms with Crippen molar-refractivity contribution in [1.82, 2.24) is 10.2 Å². The molecule has 2 bridgehead atoms. The molecule has 3 saturated heterocycles. The van der Waals surface area contributed by atoms with Gasteiger partial charge in [0.05, 0.1) is 17.5 Å². The summed E-state index contributed by atoms with van der Waals surface area (Å²) in [4.78, 5) is 17.4. The molecule has 6 heteroatoms. The Hall–Kier alpha value is -0.560. The Balaban J connectivity index is 1.39. The smallest absolute Gasteiger partial charge is 0.229 e. The predicted octanol–water partition coefficient (Wildman–Crippen LogP) is 2.77. The summed E-state index contributed by atoms with van der Waals surface area (Å²) in [5, 5.41) is 3.14. The Labute approximate surface area is 158 Å². The van der Waals surface area contributed by atoms with Crippen molar-refractivity contribution in [2.45, 2.75) is 44.4 Å². The second-order valence-corrected chi connectivity index (χ2v) is 9.78. The van der Waals surface area contributed by atoms with Crippen molar-refractivity contribution < 1.29 is 9.53 Å². The molecule has 3 aliphatic heterocycles. The van der Waals surface area contributed by atoms with E-state index < -0.39 is 0 Å². The molecule has 1 amide bonds. The molecule has 1 aromatic heterocycles. The number of fused-ring (bicyclic) bond motifs is 1. The van der Waals surface area contributed by atoms with Gasteiger partial charge in [-0.25, -0.2) is 0 Å². The van der Waals surface area contributed by atoms with Gasteiger partial charge in [-0.05, 0) is 37.7 Å². The van der Waals surface area contributed by atoms with Crippen LogP contribution < -0.4 is 5.32 Å². The average Bonchev–Trinajstić information content (AvgIpc) is 3.33. The number of nitrogens with zero attached hydrogens (tertiary/aromatic N) is 1. The van der Waals surface area contributed by atoms with E-state index in [-0.39, 0.29) is 11.5 Å². The zero-order chi connectivity index (χ0) is 17.4. The second-order valence-electron chi connectivity index (χ2n) is 7.66. The minimum Gasteiger partial charge on any atom is -0.370 e. The van der Waals surface area contributed by atoms with Crippen LogP contribution in [0.2, 0.25) is 0 Å². The fourth-order valence-corrected chi connectivity index (χ4v) is 6.38. The molecule has 0 aromatic carbocycles. The van der Waals surface area contributed by atoms with Gasteiger partial charge in [-0.2, -0.15) is 11.8 Å². The number of aryl methyl sites for hydroxylation is 1. The lowest BCUT2D eigenvalue weighted by Gasteiger charge is -2.29. The number of carbonyl (C=O) groups is 1. The molecule has 4 heterocycles. The van der Waals surface area contributed by atoms with Crippen molar-refractivity contribution in [1.29, 1.82) is 0 Å². The van der Waals surface area contributed by atoms with Crippen molar-refractivity contribution in [3.8, 4) is 0 Å². The Morgan fingerprint density at radius 3 is 3.08 bits per heavy atom. The first-order valence-electron chi connectivity index (χ1n) is 9.37. The lowest BCUT2D eigenvalue weighted by molar-refractivity contribution is -0.118. The first-order chi connectivity index (χ1) is 12.1. The first kappa shape index (κ1) is 17.8. The summed E-state index contributed by atoms with van der Waals surface area (Å²) in [5.74, 6) is 1.77. The molecule has 3 fully saturated rings. The van der Waals surface area contributed by atoms with Crippen molar-refractivity contribution in [2.24, 2.45) is 11.8 Å². The van der Waals surface area contributed by atoms with Crippen LogP contribution in [0.15, 0.2) is 12.1 Å². The number of nitrogens with one attached hydrogen (secondary N) is 1. The Morgan fingerprint density at radius 2 is 2.32 bits per heavy atom. The van der Waals surface area contributed by atoms with E-state index in [1.165, 1.54) is 16.2 Å². The topological polar surface area (TPSA) is 41.6 Å². The number of thiophene rings is 1. The van der Waals surface area contributed by atoms with Crippen LogP contribution in [0.4, 0.5) is 0 Å². The summed E-state index contributed by atoms with van der Waals surface area (Å²) in [6, 6.07) is 4.55. The van der Waals surface area contributed by atoms with E-state index in [4.69, 9.17) is 4.74 Å². The molecule has 4 nitrogen and oxygen atoms in total. The number of hydrogen-bond donors (Lipinski definition) is 1. The molecule has 1 N–H and O–H groups in total. The maximum absolute atomic E-state index is 11.9. The standard InChI is InChI=1S/C19H28N2O2S2/c1-3-13-4-5-14(25-13)9-21-10-16-15(8-20-18(22)11-24-2)17-6-7-19(16,12-21)23-17/h4-5,15-17H,3,6-12H2,1-2H3,(H,20,22)/t15-,16+,17+,19+/m0/s1. The van der Waals surface area contributed by atoms with Gasteiger partial charge >= 0.3 is 0 Å². The van der Waals surface area contributed by atoms with Crippen molar-refractivity contribution in [3.05, 3.63) is 21.9 Å². The lowest BCUT2D eigenvalue weighted by Crippen LogP contribution is -2.42.